The maximum absolute atomic E-state index is 11.7. The van der Waals surface area contributed by atoms with Crippen LogP contribution < -0.4 is 4.72 Å². The van der Waals surface area contributed by atoms with Crippen LogP contribution >= 0.6 is 0 Å². The van der Waals surface area contributed by atoms with Crippen molar-refractivity contribution in [1.82, 2.24) is 20.2 Å². The van der Waals surface area contributed by atoms with Crippen LogP contribution in [0.4, 0.5) is 5.95 Å². The molecule has 0 amide bonds. The molecule has 0 unspecified atom stereocenters. The van der Waals surface area contributed by atoms with Crippen molar-refractivity contribution >= 4 is 16.0 Å². The Balaban J connectivity index is 1.96. The van der Waals surface area contributed by atoms with Crippen LogP contribution in [0.2, 0.25) is 0 Å². The molecule has 8 heteroatoms. The van der Waals surface area contributed by atoms with Gasteiger partial charge in [-0.05, 0) is 19.1 Å². The van der Waals surface area contributed by atoms with Gasteiger partial charge in [-0.3, -0.25) is 10.1 Å². The monoisotopic (exact) mass is 267 g/mol. The molecule has 0 saturated heterocycles. The molecular weight excluding hydrogens is 254 g/mol. The summed E-state index contributed by atoms with van der Waals surface area (Å²) in [5.41, 5.74) is 0.731. The van der Waals surface area contributed by atoms with E-state index >= 15 is 0 Å². The van der Waals surface area contributed by atoms with Crippen LogP contribution in [0.3, 0.4) is 0 Å². The van der Waals surface area contributed by atoms with Crippen LogP contribution in [0.15, 0.2) is 24.4 Å². The van der Waals surface area contributed by atoms with Crippen molar-refractivity contribution in [1.29, 1.82) is 0 Å². The van der Waals surface area contributed by atoms with E-state index in [4.69, 9.17) is 0 Å². The van der Waals surface area contributed by atoms with Gasteiger partial charge in [-0.1, -0.05) is 6.07 Å². The van der Waals surface area contributed by atoms with E-state index in [1.807, 2.05) is 6.07 Å². The Bertz CT molecular complexity index is 608. The zero-order valence-corrected chi connectivity index (χ0v) is 10.6. The fourth-order valence-corrected chi connectivity index (χ4v) is 2.31. The van der Waals surface area contributed by atoms with Crippen LogP contribution in [0.25, 0.3) is 0 Å². The Morgan fingerprint density at radius 3 is 2.83 bits per heavy atom. The van der Waals surface area contributed by atoms with Gasteiger partial charge in [0.2, 0.25) is 10.0 Å². The number of anilines is 1. The predicted octanol–water partition coefficient (Wildman–Crippen LogP) is 0.493. The SMILES string of the molecule is Cc1nc(NS(=O)(=O)CCc2ccccn2)n[nH]1. The molecule has 2 heterocycles. The van der Waals surface area contributed by atoms with Crippen molar-refractivity contribution in [3.8, 4) is 0 Å². The fraction of sp³-hybridized carbons (Fsp3) is 0.300. The van der Waals surface area contributed by atoms with E-state index in [9.17, 15) is 8.42 Å². The quantitative estimate of drug-likeness (QED) is 0.821. The molecule has 18 heavy (non-hydrogen) atoms. The molecule has 0 bridgehead atoms. The Labute approximate surface area is 105 Å². The molecule has 2 aromatic rings. The van der Waals surface area contributed by atoms with Crippen molar-refractivity contribution in [2.24, 2.45) is 0 Å². The molecule has 0 atom stereocenters. The summed E-state index contributed by atoms with van der Waals surface area (Å²) in [5.74, 6) is 0.559. The minimum atomic E-state index is -3.45. The lowest BCUT2D eigenvalue weighted by molar-refractivity contribution is 0.599. The number of hydrogen-bond acceptors (Lipinski definition) is 5. The van der Waals surface area contributed by atoms with Crippen molar-refractivity contribution in [3.05, 3.63) is 35.9 Å². The Morgan fingerprint density at radius 1 is 1.39 bits per heavy atom. The van der Waals surface area contributed by atoms with Crippen molar-refractivity contribution in [3.63, 3.8) is 0 Å². The van der Waals surface area contributed by atoms with E-state index in [1.54, 1.807) is 25.3 Å². The molecule has 2 N–H and O–H groups in total. The van der Waals surface area contributed by atoms with E-state index in [1.165, 1.54) is 0 Å². The summed E-state index contributed by atoms with van der Waals surface area (Å²) in [5, 5.41) is 6.28. The number of nitrogens with zero attached hydrogens (tertiary/aromatic N) is 3. The highest BCUT2D eigenvalue weighted by molar-refractivity contribution is 7.92. The first kappa shape index (κ1) is 12.5. The molecule has 0 saturated carbocycles. The van der Waals surface area contributed by atoms with E-state index in [2.05, 4.69) is 24.9 Å². The first-order valence-electron chi connectivity index (χ1n) is 5.34. The van der Waals surface area contributed by atoms with E-state index in [-0.39, 0.29) is 11.7 Å². The minimum Gasteiger partial charge on any atom is -0.261 e. The predicted molar refractivity (Wildman–Crippen MR) is 66.5 cm³/mol. The number of rotatable bonds is 5. The number of nitrogens with one attached hydrogen (secondary N) is 2. The second-order valence-electron chi connectivity index (χ2n) is 3.74. The zero-order valence-electron chi connectivity index (χ0n) is 9.79. The third kappa shape index (κ3) is 3.52. The van der Waals surface area contributed by atoms with Gasteiger partial charge in [0.1, 0.15) is 5.82 Å². The van der Waals surface area contributed by atoms with Crippen LogP contribution in [-0.2, 0) is 16.4 Å². The minimum absolute atomic E-state index is 0.0579. The number of aromatic amines is 1. The number of aryl methyl sites for hydroxylation is 2. The molecule has 0 aliphatic carbocycles. The molecule has 0 aliphatic rings. The summed E-state index contributed by atoms with van der Waals surface area (Å²) in [4.78, 5) is 7.94. The largest absolute Gasteiger partial charge is 0.261 e. The van der Waals surface area contributed by atoms with E-state index < -0.39 is 10.0 Å². The third-order valence-electron chi connectivity index (χ3n) is 2.20. The standard InChI is InChI=1S/C10H13N5O2S/c1-8-12-10(14-13-8)15-18(16,17)7-5-9-4-2-3-6-11-9/h2-4,6H,5,7H2,1H3,(H2,12,13,14,15). The van der Waals surface area contributed by atoms with Crippen molar-refractivity contribution in [2.45, 2.75) is 13.3 Å². The Kier molecular flexibility index (Phi) is 3.56. The van der Waals surface area contributed by atoms with E-state index in [0.29, 0.717) is 12.2 Å². The summed E-state index contributed by atoms with van der Waals surface area (Å²) >= 11 is 0. The number of hydrogen-bond donors (Lipinski definition) is 2. The average molecular weight is 267 g/mol. The maximum Gasteiger partial charge on any atom is 0.255 e. The highest BCUT2D eigenvalue weighted by atomic mass is 32.2. The molecule has 7 nitrogen and oxygen atoms in total. The Hall–Kier alpha value is -1.96. The molecule has 0 spiro atoms. The first-order chi connectivity index (χ1) is 8.55. The van der Waals surface area contributed by atoms with Gasteiger partial charge in [-0.2, -0.15) is 4.98 Å². The van der Waals surface area contributed by atoms with Gasteiger partial charge in [-0.25, -0.2) is 13.1 Å². The highest BCUT2D eigenvalue weighted by Gasteiger charge is 2.13. The lowest BCUT2D eigenvalue weighted by atomic mass is 10.3. The van der Waals surface area contributed by atoms with Gasteiger partial charge < -0.3 is 0 Å². The molecule has 0 aromatic carbocycles. The molecule has 2 rings (SSSR count). The summed E-state index contributed by atoms with van der Waals surface area (Å²) in [6.45, 7) is 1.69. The molecule has 2 aromatic heterocycles. The molecular formula is C10H13N5O2S. The molecule has 96 valence electrons. The zero-order chi connectivity index (χ0) is 13.0. The second-order valence-corrected chi connectivity index (χ2v) is 5.58. The molecule has 0 fully saturated rings. The fourth-order valence-electron chi connectivity index (χ4n) is 1.36. The van der Waals surface area contributed by atoms with Gasteiger partial charge in [-0.15, -0.1) is 5.10 Å². The Morgan fingerprint density at radius 2 is 2.22 bits per heavy atom. The van der Waals surface area contributed by atoms with Crippen LogP contribution in [0, 0.1) is 6.92 Å². The van der Waals surface area contributed by atoms with E-state index in [0.717, 1.165) is 5.69 Å². The van der Waals surface area contributed by atoms with Crippen LogP contribution in [0.1, 0.15) is 11.5 Å². The number of aromatic nitrogens is 4. The molecule has 0 radical (unpaired) electrons. The number of sulfonamides is 1. The summed E-state index contributed by atoms with van der Waals surface area (Å²) in [6.07, 6.45) is 1.98. The lowest BCUT2D eigenvalue weighted by Crippen LogP contribution is -2.19. The number of H-pyrrole nitrogens is 1. The first-order valence-corrected chi connectivity index (χ1v) is 7.00. The summed E-state index contributed by atoms with van der Waals surface area (Å²) in [7, 11) is -3.45. The van der Waals surface area contributed by atoms with Gasteiger partial charge in [0, 0.05) is 18.3 Å². The van der Waals surface area contributed by atoms with Crippen LogP contribution in [0.5, 0.6) is 0 Å². The topological polar surface area (TPSA) is 101 Å². The normalized spacial score (nSPS) is 11.4. The smallest absolute Gasteiger partial charge is 0.255 e. The van der Waals surface area contributed by atoms with Crippen molar-refractivity contribution in [2.75, 3.05) is 10.5 Å². The number of pyridine rings is 1. The van der Waals surface area contributed by atoms with Gasteiger partial charge >= 0.3 is 0 Å². The highest BCUT2D eigenvalue weighted by Crippen LogP contribution is 2.04. The second kappa shape index (κ2) is 5.13. The summed E-state index contributed by atoms with van der Waals surface area (Å²) in [6, 6.07) is 5.39. The third-order valence-corrected chi connectivity index (χ3v) is 3.43. The van der Waals surface area contributed by atoms with Gasteiger partial charge in [0.25, 0.3) is 5.95 Å². The van der Waals surface area contributed by atoms with Gasteiger partial charge in [0.05, 0.1) is 5.75 Å². The average Bonchev–Trinajstić information content (AvgIpc) is 2.73. The molecule has 0 aliphatic heterocycles. The maximum atomic E-state index is 11.7. The van der Waals surface area contributed by atoms with Crippen LogP contribution in [-0.4, -0.2) is 34.3 Å². The summed E-state index contributed by atoms with van der Waals surface area (Å²) < 4.78 is 25.8. The lowest BCUT2D eigenvalue weighted by Gasteiger charge is -2.03. The van der Waals surface area contributed by atoms with Gasteiger partial charge in [0.15, 0.2) is 0 Å². The van der Waals surface area contributed by atoms with Crippen molar-refractivity contribution < 1.29 is 8.42 Å².